The molecule has 0 fully saturated rings. The second-order valence-electron chi connectivity index (χ2n) is 4.78. The summed E-state index contributed by atoms with van der Waals surface area (Å²) >= 11 is 5.29. The Bertz CT molecular complexity index is 556. The summed E-state index contributed by atoms with van der Waals surface area (Å²) in [5.41, 5.74) is 2.39. The molecule has 1 aromatic heterocycles. The van der Waals surface area contributed by atoms with Crippen LogP contribution in [0.4, 0.5) is 5.13 Å². The first kappa shape index (κ1) is 15.5. The maximum absolute atomic E-state index is 4.72. The number of aromatic nitrogens is 1. The van der Waals surface area contributed by atoms with Crippen LogP contribution < -0.4 is 10.2 Å². The van der Waals surface area contributed by atoms with Gasteiger partial charge in [0.1, 0.15) is 0 Å². The van der Waals surface area contributed by atoms with Gasteiger partial charge in [-0.05, 0) is 25.1 Å². The number of nitrogens with zero attached hydrogens (tertiary/aromatic N) is 2. The summed E-state index contributed by atoms with van der Waals surface area (Å²) in [6.45, 7) is 6.07. The second-order valence-corrected chi connectivity index (χ2v) is 6.47. The molecule has 0 radical (unpaired) electrons. The molecule has 108 valence electrons. The minimum Gasteiger partial charge on any atom is -0.347 e. The topological polar surface area (TPSA) is 28.2 Å². The normalized spacial score (nSPS) is 12.4. The molecule has 2 aromatic rings. The minimum absolute atomic E-state index is 0.307. The summed E-state index contributed by atoms with van der Waals surface area (Å²) in [6, 6.07) is 8.61. The highest BCUT2D eigenvalue weighted by molar-refractivity contribution is 9.10. The first-order valence-electron chi connectivity index (χ1n) is 6.75. The van der Waals surface area contributed by atoms with Gasteiger partial charge in [0.05, 0.1) is 5.69 Å². The third-order valence-electron chi connectivity index (χ3n) is 3.16. The molecule has 0 aliphatic carbocycles. The molecule has 3 nitrogen and oxygen atoms in total. The molecule has 0 aliphatic heterocycles. The fraction of sp³-hybridized carbons (Fsp3) is 0.400. The van der Waals surface area contributed by atoms with Crippen molar-refractivity contribution in [1.82, 2.24) is 10.3 Å². The van der Waals surface area contributed by atoms with E-state index in [4.69, 9.17) is 4.98 Å². The fourth-order valence-corrected chi connectivity index (χ4v) is 3.31. The lowest BCUT2D eigenvalue weighted by Crippen LogP contribution is -2.19. The molecule has 0 saturated heterocycles. The van der Waals surface area contributed by atoms with E-state index in [-0.39, 0.29) is 0 Å². The van der Waals surface area contributed by atoms with E-state index in [1.54, 1.807) is 11.3 Å². The van der Waals surface area contributed by atoms with Crippen molar-refractivity contribution < 1.29 is 0 Å². The third kappa shape index (κ3) is 3.81. The Balaban J connectivity index is 2.06. The van der Waals surface area contributed by atoms with Crippen molar-refractivity contribution in [2.24, 2.45) is 0 Å². The number of thiazole rings is 1. The van der Waals surface area contributed by atoms with Crippen LogP contribution in [0.2, 0.25) is 0 Å². The Morgan fingerprint density at radius 1 is 1.40 bits per heavy atom. The standard InChI is InChI=1S/C15H20BrN3S/c1-4-17-11(2)14-10-20-15(18-14)19(3)9-12-7-5-6-8-13(12)16/h5-8,10-11,17H,4,9H2,1-3H3. The number of anilines is 1. The van der Waals surface area contributed by atoms with Gasteiger partial charge in [-0.1, -0.05) is 41.1 Å². The maximum atomic E-state index is 4.72. The van der Waals surface area contributed by atoms with Gasteiger partial charge in [0.15, 0.2) is 5.13 Å². The van der Waals surface area contributed by atoms with E-state index in [0.29, 0.717) is 6.04 Å². The molecule has 1 N–H and O–H groups in total. The molecule has 2 rings (SSSR count). The average Bonchev–Trinajstić information content (AvgIpc) is 2.91. The van der Waals surface area contributed by atoms with Crippen LogP contribution in [0.1, 0.15) is 31.1 Å². The maximum Gasteiger partial charge on any atom is 0.185 e. The summed E-state index contributed by atoms with van der Waals surface area (Å²) in [4.78, 5) is 6.91. The van der Waals surface area contributed by atoms with E-state index >= 15 is 0 Å². The van der Waals surface area contributed by atoms with E-state index in [0.717, 1.165) is 28.4 Å². The Morgan fingerprint density at radius 2 is 2.15 bits per heavy atom. The molecule has 20 heavy (non-hydrogen) atoms. The Morgan fingerprint density at radius 3 is 2.85 bits per heavy atom. The van der Waals surface area contributed by atoms with Crippen molar-refractivity contribution >= 4 is 32.4 Å². The molecular weight excluding hydrogens is 334 g/mol. The number of benzene rings is 1. The van der Waals surface area contributed by atoms with Crippen LogP contribution in [-0.4, -0.2) is 18.6 Å². The zero-order valence-corrected chi connectivity index (χ0v) is 14.5. The highest BCUT2D eigenvalue weighted by Gasteiger charge is 2.12. The molecule has 5 heteroatoms. The number of nitrogens with one attached hydrogen (secondary N) is 1. The predicted molar refractivity (Wildman–Crippen MR) is 90.5 cm³/mol. The van der Waals surface area contributed by atoms with Crippen molar-refractivity contribution in [2.75, 3.05) is 18.5 Å². The monoisotopic (exact) mass is 353 g/mol. The smallest absolute Gasteiger partial charge is 0.185 e. The lowest BCUT2D eigenvalue weighted by atomic mass is 10.2. The molecule has 0 aliphatic rings. The zero-order chi connectivity index (χ0) is 14.5. The van der Waals surface area contributed by atoms with Gasteiger partial charge < -0.3 is 10.2 Å². The second kappa shape index (κ2) is 7.20. The third-order valence-corrected chi connectivity index (χ3v) is 4.90. The summed E-state index contributed by atoms with van der Waals surface area (Å²) in [6.07, 6.45) is 0. The number of rotatable bonds is 6. The molecule has 0 bridgehead atoms. The first-order valence-corrected chi connectivity index (χ1v) is 8.42. The molecule has 1 heterocycles. The van der Waals surface area contributed by atoms with E-state index in [1.807, 2.05) is 6.07 Å². The van der Waals surface area contributed by atoms with Gasteiger partial charge in [-0.3, -0.25) is 0 Å². The Labute approximate surface area is 133 Å². The zero-order valence-electron chi connectivity index (χ0n) is 12.1. The van der Waals surface area contributed by atoms with Gasteiger partial charge in [0.25, 0.3) is 0 Å². The molecule has 1 aromatic carbocycles. The van der Waals surface area contributed by atoms with E-state index < -0.39 is 0 Å². The van der Waals surface area contributed by atoms with Crippen LogP contribution in [0.3, 0.4) is 0 Å². The van der Waals surface area contributed by atoms with Gasteiger partial charge in [0.2, 0.25) is 0 Å². The average molecular weight is 354 g/mol. The number of hydrogen-bond donors (Lipinski definition) is 1. The van der Waals surface area contributed by atoms with E-state index in [1.165, 1.54) is 5.56 Å². The largest absolute Gasteiger partial charge is 0.347 e. The van der Waals surface area contributed by atoms with Crippen LogP contribution in [0.25, 0.3) is 0 Å². The van der Waals surface area contributed by atoms with Crippen LogP contribution >= 0.6 is 27.3 Å². The number of halogens is 1. The molecule has 0 spiro atoms. The number of hydrogen-bond acceptors (Lipinski definition) is 4. The Kier molecular flexibility index (Phi) is 5.57. The summed E-state index contributed by atoms with van der Waals surface area (Å²) in [5, 5.41) is 6.59. The first-order chi connectivity index (χ1) is 9.61. The summed E-state index contributed by atoms with van der Waals surface area (Å²) < 4.78 is 1.14. The van der Waals surface area contributed by atoms with E-state index in [9.17, 15) is 0 Å². The molecule has 0 saturated carbocycles. The van der Waals surface area contributed by atoms with E-state index in [2.05, 4.69) is 70.6 Å². The van der Waals surface area contributed by atoms with Gasteiger partial charge in [0, 0.05) is 29.5 Å². The fourth-order valence-electron chi connectivity index (χ4n) is 2.01. The molecule has 1 unspecified atom stereocenters. The minimum atomic E-state index is 0.307. The van der Waals surface area contributed by atoms with Crippen LogP contribution in [0.15, 0.2) is 34.1 Å². The highest BCUT2D eigenvalue weighted by atomic mass is 79.9. The van der Waals surface area contributed by atoms with Crippen molar-refractivity contribution in [1.29, 1.82) is 0 Å². The van der Waals surface area contributed by atoms with Crippen molar-refractivity contribution in [3.05, 3.63) is 45.4 Å². The van der Waals surface area contributed by atoms with Gasteiger partial charge in [-0.15, -0.1) is 11.3 Å². The summed E-state index contributed by atoms with van der Waals surface area (Å²) in [5.74, 6) is 0. The van der Waals surface area contributed by atoms with Gasteiger partial charge in [-0.25, -0.2) is 4.98 Å². The Hall–Kier alpha value is -0.910. The quantitative estimate of drug-likeness (QED) is 0.842. The summed E-state index contributed by atoms with van der Waals surface area (Å²) in [7, 11) is 2.08. The van der Waals surface area contributed by atoms with Crippen molar-refractivity contribution in [3.8, 4) is 0 Å². The molecular formula is C15H20BrN3S. The van der Waals surface area contributed by atoms with Crippen molar-refractivity contribution in [3.63, 3.8) is 0 Å². The van der Waals surface area contributed by atoms with Gasteiger partial charge >= 0.3 is 0 Å². The van der Waals surface area contributed by atoms with Gasteiger partial charge in [-0.2, -0.15) is 0 Å². The van der Waals surface area contributed by atoms with Crippen molar-refractivity contribution in [2.45, 2.75) is 26.4 Å². The van der Waals surface area contributed by atoms with Crippen LogP contribution in [0, 0.1) is 0 Å². The van der Waals surface area contributed by atoms with Crippen LogP contribution in [0.5, 0.6) is 0 Å². The molecule has 0 amide bonds. The highest BCUT2D eigenvalue weighted by Crippen LogP contribution is 2.26. The molecule has 1 atom stereocenters. The SMILES string of the molecule is CCNC(C)c1csc(N(C)Cc2ccccc2Br)n1. The van der Waals surface area contributed by atoms with Crippen LogP contribution in [-0.2, 0) is 6.54 Å². The lowest BCUT2D eigenvalue weighted by Gasteiger charge is -2.17. The lowest BCUT2D eigenvalue weighted by molar-refractivity contribution is 0.586. The predicted octanol–water partition coefficient (Wildman–Crippen LogP) is 4.21.